The summed E-state index contributed by atoms with van der Waals surface area (Å²) in [6.07, 6.45) is 4.81. The molecule has 1 aliphatic rings. The van der Waals surface area contributed by atoms with Crippen LogP contribution in [0.3, 0.4) is 0 Å². The Kier molecular flexibility index (Phi) is 3.96. The van der Waals surface area contributed by atoms with Gasteiger partial charge in [0.1, 0.15) is 5.82 Å². The van der Waals surface area contributed by atoms with E-state index < -0.39 is 6.10 Å². The predicted molar refractivity (Wildman–Crippen MR) is 81.3 cm³/mol. The van der Waals surface area contributed by atoms with Crippen molar-refractivity contribution >= 4 is 11.8 Å². The minimum atomic E-state index is -0.473. The molecule has 2 aromatic rings. The fourth-order valence-electron chi connectivity index (χ4n) is 2.42. The second kappa shape index (κ2) is 6.05. The normalized spacial score (nSPS) is 16.9. The molecule has 0 aliphatic carbocycles. The molecular formula is C15H19N5O. The molecule has 0 aromatic carbocycles. The average molecular weight is 285 g/mol. The summed E-state index contributed by atoms with van der Waals surface area (Å²) < 4.78 is 0. The van der Waals surface area contributed by atoms with E-state index in [-0.39, 0.29) is 0 Å². The van der Waals surface area contributed by atoms with Crippen LogP contribution in [0.25, 0.3) is 0 Å². The Morgan fingerprint density at radius 3 is 2.24 bits per heavy atom. The Hall–Kier alpha value is -2.21. The highest BCUT2D eigenvalue weighted by Crippen LogP contribution is 2.18. The van der Waals surface area contributed by atoms with Gasteiger partial charge in [0.15, 0.2) is 0 Å². The highest BCUT2D eigenvalue weighted by molar-refractivity contribution is 5.43. The van der Waals surface area contributed by atoms with Crippen LogP contribution in [0.2, 0.25) is 0 Å². The fourth-order valence-corrected chi connectivity index (χ4v) is 2.42. The zero-order valence-electron chi connectivity index (χ0n) is 12.1. The number of hydrogen-bond donors (Lipinski definition) is 1. The van der Waals surface area contributed by atoms with E-state index in [4.69, 9.17) is 0 Å². The summed E-state index contributed by atoms with van der Waals surface area (Å²) in [5.41, 5.74) is 0.843. The van der Waals surface area contributed by atoms with Crippen molar-refractivity contribution in [1.82, 2.24) is 15.0 Å². The largest absolute Gasteiger partial charge is 0.389 e. The van der Waals surface area contributed by atoms with Crippen LogP contribution in [0.1, 0.15) is 18.6 Å². The molecule has 0 bridgehead atoms. The third-order valence-corrected chi connectivity index (χ3v) is 3.69. The van der Waals surface area contributed by atoms with Gasteiger partial charge in [0, 0.05) is 44.8 Å². The van der Waals surface area contributed by atoms with E-state index in [2.05, 4.69) is 24.8 Å². The third-order valence-electron chi connectivity index (χ3n) is 3.69. The summed E-state index contributed by atoms with van der Waals surface area (Å²) in [5, 5.41) is 9.51. The predicted octanol–water partition coefficient (Wildman–Crippen LogP) is 1.25. The van der Waals surface area contributed by atoms with Gasteiger partial charge in [-0.05, 0) is 24.6 Å². The van der Waals surface area contributed by atoms with E-state index in [1.54, 1.807) is 25.5 Å². The van der Waals surface area contributed by atoms with E-state index in [1.807, 2.05) is 18.2 Å². The van der Waals surface area contributed by atoms with Crippen molar-refractivity contribution in [2.75, 3.05) is 36.0 Å². The summed E-state index contributed by atoms with van der Waals surface area (Å²) in [7, 11) is 0. The maximum Gasteiger partial charge on any atom is 0.225 e. The third kappa shape index (κ3) is 3.11. The number of aromatic nitrogens is 3. The van der Waals surface area contributed by atoms with E-state index in [0.29, 0.717) is 0 Å². The first kappa shape index (κ1) is 13.8. The van der Waals surface area contributed by atoms with Crippen molar-refractivity contribution in [1.29, 1.82) is 0 Å². The van der Waals surface area contributed by atoms with Crippen molar-refractivity contribution in [3.8, 4) is 0 Å². The Labute approximate surface area is 124 Å². The first-order valence-corrected chi connectivity index (χ1v) is 7.15. The second-order valence-electron chi connectivity index (χ2n) is 5.15. The van der Waals surface area contributed by atoms with Crippen LogP contribution < -0.4 is 9.80 Å². The van der Waals surface area contributed by atoms with Gasteiger partial charge in [0.05, 0.1) is 6.10 Å². The van der Waals surface area contributed by atoms with E-state index in [0.717, 1.165) is 43.5 Å². The number of rotatable bonds is 3. The van der Waals surface area contributed by atoms with Gasteiger partial charge >= 0.3 is 0 Å². The van der Waals surface area contributed by atoms with Gasteiger partial charge < -0.3 is 14.9 Å². The number of aliphatic hydroxyl groups excluding tert-OH is 1. The lowest BCUT2D eigenvalue weighted by Crippen LogP contribution is -2.47. The molecular weight excluding hydrogens is 266 g/mol. The van der Waals surface area contributed by atoms with Gasteiger partial charge in [0.2, 0.25) is 5.95 Å². The minimum absolute atomic E-state index is 0.473. The van der Waals surface area contributed by atoms with Crippen LogP contribution in [-0.2, 0) is 0 Å². The summed E-state index contributed by atoms with van der Waals surface area (Å²) in [5.74, 6) is 1.74. The Bertz CT molecular complexity index is 564. The van der Waals surface area contributed by atoms with Gasteiger partial charge in [-0.1, -0.05) is 6.07 Å². The van der Waals surface area contributed by atoms with Crippen molar-refractivity contribution in [2.24, 2.45) is 0 Å². The topological polar surface area (TPSA) is 65.4 Å². The first-order chi connectivity index (χ1) is 10.2. The van der Waals surface area contributed by atoms with Crippen LogP contribution in [0.15, 0.2) is 36.8 Å². The van der Waals surface area contributed by atoms with E-state index in [1.165, 1.54) is 0 Å². The minimum Gasteiger partial charge on any atom is -0.389 e. The lowest BCUT2D eigenvalue weighted by molar-refractivity contribution is 0.199. The van der Waals surface area contributed by atoms with Crippen LogP contribution in [0, 0.1) is 0 Å². The molecule has 6 nitrogen and oxygen atoms in total. The molecule has 1 fully saturated rings. The molecule has 2 aromatic heterocycles. The molecule has 110 valence electrons. The van der Waals surface area contributed by atoms with E-state index >= 15 is 0 Å². The molecule has 21 heavy (non-hydrogen) atoms. The highest BCUT2D eigenvalue weighted by Gasteiger charge is 2.19. The van der Waals surface area contributed by atoms with Crippen LogP contribution in [-0.4, -0.2) is 46.2 Å². The smallest absolute Gasteiger partial charge is 0.225 e. The molecule has 0 spiro atoms. The van der Waals surface area contributed by atoms with Gasteiger partial charge in [-0.2, -0.15) is 0 Å². The lowest BCUT2D eigenvalue weighted by Gasteiger charge is -2.35. The summed E-state index contributed by atoms with van der Waals surface area (Å²) >= 11 is 0. The standard InChI is InChI=1S/C15H19N5O/c1-12(21)13-3-4-14(18-11-13)19-7-9-20(10-8-19)15-16-5-2-6-17-15/h2-6,11-12,21H,7-10H2,1H3. The number of piperazine rings is 1. The van der Waals surface area contributed by atoms with Gasteiger partial charge in [0.25, 0.3) is 0 Å². The number of pyridine rings is 1. The molecule has 0 radical (unpaired) electrons. The quantitative estimate of drug-likeness (QED) is 0.915. The van der Waals surface area contributed by atoms with Crippen LogP contribution in [0.5, 0.6) is 0 Å². The van der Waals surface area contributed by atoms with Gasteiger partial charge in [-0.3, -0.25) is 0 Å². The highest BCUT2D eigenvalue weighted by atomic mass is 16.3. The SMILES string of the molecule is CC(O)c1ccc(N2CCN(c3ncccn3)CC2)nc1. The number of nitrogens with zero attached hydrogens (tertiary/aromatic N) is 5. The average Bonchev–Trinajstić information content (AvgIpc) is 2.56. The monoisotopic (exact) mass is 285 g/mol. The zero-order chi connectivity index (χ0) is 14.7. The van der Waals surface area contributed by atoms with Crippen LogP contribution in [0.4, 0.5) is 11.8 Å². The molecule has 6 heteroatoms. The number of anilines is 2. The number of aliphatic hydroxyl groups is 1. The molecule has 1 N–H and O–H groups in total. The molecule has 3 heterocycles. The zero-order valence-corrected chi connectivity index (χ0v) is 12.1. The summed E-state index contributed by atoms with van der Waals surface area (Å²) in [4.78, 5) is 17.4. The lowest BCUT2D eigenvalue weighted by atomic mass is 10.2. The Balaban J connectivity index is 1.63. The Morgan fingerprint density at radius 2 is 1.67 bits per heavy atom. The molecule has 0 saturated carbocycles. The summed E-state index contributed by atoms with van der Waals surface area (Å²) in [6.45, 7) is 5.28. The van der Waals surface area contributed by atoms with Crippen molar-refractivity contribution in [3.63, 3.8) is 0 Å². The summed E-state index contributed by atoms with van der Waals surface area (Å²) in [6, 6.07) is 5.73. The van der Waals surface area contributed by atoms with Gasteiger partial charge in [-0.15, -0.1) is 0 Å². The number of hydrogen-bond acceptors (Lipinski definition) is 6. The van der Waals surface area contributed by atoms with E-state index in [9.17, 15) is 5.11 Å². The maximum absolute atomic E-state index is 9.51. The van der Waals surface area contributed by atoms with Gasteiger partial charge in [-0.25, -0.2) is 15.0 Å². The van der Waals surface area contributed by atoms with Crippen LogP contribution >= 0.6 is 0 Å². The van der Waals surface area contributed by atoms with Crippen molar-refractivity contribution in [3.05, 3.63) is 42.4 Å². The maximum atomic E-state index is 9.51. The molecule has 1 aliphatic heterocycles. The molecule has 1 unspecified atom stereocenters. The Morgan fingerprint density at radius 1 is 1.00 bits per heavy atom. The van der Waals surface area contributed by atoms with Crippen molar-refractivity contribution < 1.29 is 5.11 Å². The second-order valence-corrected chi connectivity index (χ2v) is 5.15. The van der Waals surface area contributed by atoms with Crippen molar-refractivity contribution in [2.45, 2.75) is 13.0 Å². The molecule has 3 rings (SSSR count). The molecule has 0 amide bonds. The first-order valence-electron chi connectivity index (χ1n) is 7.15. The molecule has 1 saturated heterocycles. The fraction of sp³-hybridized carbons (Fsp3) is 0.400. The molecule has 1 atom stereocenters.